The molecular weight excluding hydrogens is 851 g/mol. The van der Waals surface area contributed by atoms with Gasteiger partial charge in [0, 0.05) is 15.4 Å². The van der Waals surface area contributed by atoms with E-state index in [2.05, 4.69) is 227 Å². The van der Waals surface area contributed by atoms with E-state index < -0.39 is 20.8 Å². The van der Waals surface area contributed by atoms with Gasteiger partial charge < -0.3 is 0 Å². The van der Waals surface area contributed by atoms with Crippen LogP contribution in [0.3, 0.4) is 0 Å². The molecule has 2 radical (unpaired) electrons. The Bertz CT molecular complexity index is 2860. The topological polar surface area (TPSA) is 0 Å². The first-order chi connectivity index (χ1) is 28.9. The van der Waals surface area contributed by atoms with Gasteiger partial charge in [-0.15, -0.1) is 68.6 Å². The molecule has 4 heteroatoms. The van der Waals surface area contributed by atoms with E-state index in [1.807, 2.05) is 0 Å². The van der Waals surface area contributed by atoms with E-state index in [9.17, 15) is 0 Å². The van der Waals surface area contributed by atoms with Crippen molar-refractivity contribution in [3.05, 3.63) is 228 Å². The molecule has 0 aromatic heterocycles. The second-order valence-electron chi connectivity index (χ2n) is 14.8. The molecule has 0 spiro atoms. The van der Waals surface area contributed by atoms with Gasteiger partial charge in [0.25, 0.3) is 0 Å². The van der Waals surface area contributed by atoms with Crippen LogP contribution in [0.25, 0.3) is 65.3 Å². The summed E-state index contributed by atoms with van der Waals surface area (Å²) >= 11 is -0.826. The molecule has 0 saturated heterocycles. The van der Waals surface area contributed by atoms with Crippen molar-refractivity contribution in [2.75, 3.05) is 0 Å². The maximum Gasteiger partial charge on any atom is 0.0164 e. The maximum absolute atomic E-state index is 4.93. The first-order valence-corrected chi connectivity index (χ1v) is 28.3. The third kappa shape index (κ3) is 9.64. The first-order valence-electron chi connectivity index (χ1n) is 19.9. The molecule has 0 amide bonds. The second kappa shape index (κ2) is 20.4. The molecule has 0 atom stereocenters. The number of fused-ring (bicyclic) bond motifs is 4. The molecule has 0 nitrogen and oxygen atoms in total. The van der Waals surface area contributed by atoms with Crippen molar-refractivity contribution in [3.8, 4) is 22.3 Å². The SMILES string of the molecule is C[Si]C.Cc1cc2c(-c3cccc4ccccc34)ccc(C)c2[cH-]1.[Cl][Zr+2][Cl].c1ccc(C(c2ccccc2)c2cc3c(-c4cccc5ccccc45)cccc3[cH-]2)cc1. The van der Waals surface area contributed by atoms with E-state index in [1.54, 1.807) is 0 Å². The van der Waals surface area contributed by atoms with Crippen molar-refractivity contribution in [2.24, 2.45) is 0 Å². The summed E-state index contributed by atoms with van der Waals surface area (Å²) in [7, 11) is 11.0. The third-order valence-corrected chi connectivity index (χ3v) is 10.8. The van der Waals surface area contributed by atoms with Crippen molar-refractivity contribution in [3.63, 3.8) is 0 Å². The Hall–Kier alpha value is -4.82. The van der Waals surface area contributed by atoms with Gasteiger partial charge in [0.05, 0.1) is 0 Å². The van der Waals surface area contributed by atoms with Crippen LogP contribution >= 0.6 is 17.0 Å². The smallest absolute Gasteiger partial charge is 0.0164 e. The summed E-state index contributed by atoms with van der Waals surface area (Å²) in [6, 6.07) is 72.6. The van der Waals surface area contributed by atoms with Gasteiger partial charge >= 0.3 is 37.9 Å². The molecule has 0 fully saturated rings. The monoisotopic (exact) mass is 894 g/mol. The van der Waals surface area contributed by atoms with E-state index in [0.29, 0.717) is 0 Å². The molecular formula is C55H46Cl2SiZr. The Morgan fingerprint density at radius 2 is 0.898 bits per heavy atom. The summed E-state index contributed by atoms with van der Waals surface area (Å²) < 4.78 is 0. The minimum Gasteiger partial charge on any atom is -0.163 e. The summed E-state index contributed by atoms with van der Waals surface area (Å²) in [5.74, 6) is 0.213. The number of rotatable bonds is 5. The zero-order chi connectivity index (χ0) is 41.1. The molecule has 0 saturated carbocycles. The van der Waals surface area contributed by atoms with Crippen molar-refractivity contribution >= 4 is 69.6 Å². The van der Waals surface area contributed by atoms with Gasteiger partial charge in [0.15, 0.2) is 0 Å². The molecule has 10 aromatic carbocycles. The summed E-state index contributed by atoms with van der Waals surface area (Å²) in [6.45, 7) is 8.67. The van der Waals surface area contributed by atoms with Crippen LogP contribution in [0.1, 0.15) is 33.7 Å². The molecule has 0 heterocycles. The Kier molecular flexibility index (Phi) is 14.7. The van der Waals surface area contributed by atoms with E-state index in [-0.39, 0.29) is 5.92 Å². The normalized spacial score (nSPS) is 10.7. The standard InChI is InChI=1S/C32H23.C21H17.C2H6Si.2ClH.Zr/c1-3-12-24(13-4-1)32(25-14-5-2-6-15-25)27-21-26-17-10-20-30(31(26)22-27)29-19-9-16-23-11-7-8-18-28(23)29;1-14-12-20-15(2)10-11-19(21(20)13-14)18-9-5-7-16-6-3-4-8-17(16)18;1-3-2;;;/h1-22,32H;3-13H,1-2H3;1-2H3;2*1H;/q2*-1;;;;+4/p-2. The van der Waals surface area contributed by atoms with Crippen LogP contribution in [0, 0.1) is 13.8 Å². The Labute approximate surface area is 370 Å². The number of hydrogen-bond donors (Lipinski definition) is 0. The summed E-state index contributed by atoms with van der Waals surface area (Å²) in [4.78, 5) is 0. The minimum absolute atomic E-state index is 0.213. The Morgan fingerprint density at radius 1 is 0.458 bits per heavy atom. The average Bonchev–Trinajstić information content (AvgIpc) is 3.89. The van der Waals surface area contributed by atoms with E-state index in [4.69, 9.17) is 17.0 Å². The van der Waals surface area contributed by atoms with Crippen LogP contribution in [-0.4, -0.2) is 9.52 Å². The summed E-state index contributed by atoms with van der Waals surface area (Å²) in [5.41, 5.74) is 11.9. The van der Waals surface area contributed by atoms with Gasteiger partial charge in [-0.1, -0.05) is 196 Å². The third-order valence-electron chi connectivity index (χ3n) is 10.8. The molecule has 0 aliphatic rings. The van der Waals surface area contributed by atoms with Crippen LogP contribution in [0.4, 0.5) is 0 Å². The van der Waals surface area contributed by atoms with Crippen molar-refractivity contribution in [2.45, 2.75) is 32.9 Å². The van der Waals surface area contributed by atoms with Crippen molar-refractivity contribution < 1.29 is 20.8 Å². The molecule has 288 valence electrons. The molecule has 0 bridgehead atoms. The minimum atomic E-state index is -0.826. The molecule has 0 aliphatic heterocycles. The van der Waals surface area contributed by atoms with Crippen LogP contribution < -0.4 is 0 Å². The number of halogens is 2. The first kappa shape index (κ1) is 42.3. The molecule has 0 N–H and O–H groups in total. The van der Waals surface area contributed by atoms with E-state index in [1.165, 1.54) is 93.2 Å². The Morgan fingerprint density at radius 3 is 1.44 bits per heavy atom. The predicted molar refractivity (Wildman–Crippen MR) is 257 cm³/mol. The average molecular weight is 897 g/mol. The van der Waals surface area contributed by atoms with Gasteiger partial charge in [0.1, 0.15) is 0 Å². The summed E-state index contributed by atoms with van der Waals surface area (Å²) in [5, 5.41) is 10.5. The zero-order valence-electron chi connectivity index (χ0n) is 33.9. The van der Waals surface area contributed by atoms with E-state index in [0.717, 1.165) is 9.52 Å². The van der Waals surface area contributed by atoms with Gasteiger partial charge in [0.2, 0.25) is 0 Å². The molecule has 0 unspecified atom stereocenters. The van der Waals surface area contributed by atoms with Gasteiger partial charge in [-0.3, -0.25) is 0 Å². The van der Waals surface area contributed by atoms with Gasteiger partial charge in [-0.05, 0) is 43.8 Å². The summed E-state index contributed by atoms with van der Waals surface area (Å²) in [6.07, 6.45) is 0. The number of benzene rings is 8. The van der Waals surface area contributed by atoms with Gasteiger partial charge in [-0.25, -0.2) is 0 Å². The van der Waals surface area contributed by atoms with Gasteiger partial charge in [-0.2, -0.15) is 12.1 Å². The number of hydrogen-bond acceptors (Lipinski definition) is 0. The van der Waals surface area contributed by atoms with Crippen molar-refractivity contribution in [1.29, 1.82) is 0 Å². The van der Waals surface area contributed by atoms with Crippen LogP contribution in [-0.2, 0) is 20.8 Å². The maximum atomic E-state index is 4.93. The molecule has 59 heavy (non-hydrogen) atoms. The molecule has 10 aromatic rings. The van der Waals surface area contributed by atoms with Crippen LogP contribution in [0.15, 0.2) is 200 Å². The Balaban J connectivity index is 0.000000168. The van der Waals surface area contributed by atoms with Crippen LogP contribution in [0.5, 0.6) is 0 Å². The fraction of sp³-hybridized carbons (Fsp3) is 0.0909. The zero-order valence-corrected chi connectivity index (χ0v) is 38.9. The molecule has 10 rings (SSSR count). The quantitative estimate of drug-likeness (QED) is 0.119. The predicted octanol–water partition coefficient (Wildman–Crippen LogP) is 16.7. The van der Waals surface area contributed by atoms with Crippen LogP contribution in [0.2, 0.25) is 13.1 Å². The largest absolute Gasteiger partial charge is 0.163 e. The van der Waals surface area contributed by atoms with Crippen molar-refractivity contribution in [1.82, 2.24) is 0 Å². The molecule has 0 aliphatic carbocycles. The fourth-order valence-corrected chi connectivity index (χ4v) is 8.27. The fourth-order valence-electron chi connectivity index (χ4n) is 8.27. The number of aryl methyl sites for hydroxylation is 2. The second-order valence-corrected chi connectivity index (χ2v) is 19.5. The van der Waals surface area contributed by atoms with E-state index >= 15 is 0 Å².